The maximum atomic E-state index is 5.98. The third-order valence-electron chi connectivity index (χ3n) is 5.06. The van der Waals surface area contributed by atoms with Gasteiger partial charge >= 0.3 is 0 Å². The molecule has 0 aliphatic carbocycles. The molecule has 0 bridgehead atoms. The lowest BCUT2D eigenvalue weighted by atomic mass is 10.2. The second-order valence-electron chi connectivity index (χ2n) is 7.37. The molecule has 1 aliphatic rings. The standard InChI is InChI=1S/C23H34N4O2S.HI/c1-3-24-23(26(2)10-9-22-8-5-17-30-22)25-19-20-6-4-7-21(18-20)29-16-13-27-11-14-28-15-12-27;/h4-8,17-18H,3,9-16,19H2,1-2H3,(H,24,25);1H. The van der Waals surface area contributed by atoms with E-state index in [0.29, 0.717) is 13.2 Å². The van der Waals surface area contributed by atoms with E-state index in [2.05, 4.69) is 58.7 Å². The minimum absolute atomic E-state index is 0. The Bertz CT molecular complexity index is 767. The van der Waals surface area contributed by atoms with Crippen molar-refractivity contribution in [3.63, 3.8) is 0 Å². The third-order valence-corrected chi connectivity index (χ3v) is 6.00. The van der Waals surface area contributed by atoms with Crippen molar-refractivity contribution >= 4 is 41.3 Å². The Morgan fingerprint density at radius 3 is 2.84 bits per heavy atom. The molecule has 0 atom stereocenters. The Morgan fingerprint density at radius 1 is 1.26 bits per heavy atom. The Balaban J connectivity index is 0.00000341. The molecule has 1 aromatic heterocycles. The first-order chi connectivity index (χ1) is 14.7. The van der Waals surface area contributed by atoms with Crippen molar-refractivity contribution in [1.29, 1.82) is 0 Å². The molecule has 2 heterocycles. The van der Waals surface area contributed by atoms with Gasteiger partial charge in [0.15, 0.2) is 5.96 Å². The highest BCUT2D eigenvalue weighted by Crippen LogP contribution is 2.15. The summed E-state index contributed by atoms with van der Waals surface area (Å²) >= 11 is 1.81. The van der Waals surface area contributed by atoms with Gasteiger partial charge in [-0.1, -0.05) is 18.2 Å². The van der Waals surface area contributed by atoms with E-state index in [1.807, 2.05) is 23.5 Å². The highest BCUT2D eigenvalue weighted by molar-refractivity contribution is 14.0. The van der Waals surface area contributed by atoms with Crippen LogP contribution in [0, 0.1) is 0 Å². The molecule has 0 unspecified atom stereocenters. The van der Waals surface area contributed by atoms with Crippen molar-refractivity contribution in [2.45, 2.75) is 19.9 Å². The van der Waals surface area contributed by atoms with Crippen LogP contribution >= 0.6 is 35.3 Å². The van der Waals surface area contributed by atoms with Crippen LogP contribution in [0.1, 0.15) is 17.4 Å². The van der Waals surface area contributed by atoms with Crippen molar-refractivity contribution in [3.05, 3.63) is 52.2 Å². The number of nitrogens with one attached hydrogen (secondary N) is 1. The van der Waals surface area contributed by atoms with Crippen molar-refractivity contribution in [3.8, 4) is 5.75 Å². The Labute approximate surface area is 207 Å². The summed E-state index contributed by atoms with van der Waals surface area (Å²) in [6.45, 7) is 9.79. The van der Waals surface area contributed by atoms with Crippen LogP contribution in [0.4, 0.5) is 0 Å². The monoisotopic (exact) mass is 558 g/mol. The van der Waals surface area contributed by atoms with Crippen molar-refractivity contribution in [2.24, 2.45) is 4.99 Å². The minimum Gasteiger partial charge on any atom is -0.492 e. The number of rotatable bonds is 10. The number of thiophene rings is 1. The Hall–Kier alpha value is -1.36. The molecule has 1 N–H and O–H groups in total. The molecule has 1 saturated heterocycles. The van der Waals surface area contributed by atoms with E-state index < -0.39 is 0 Å². The summed E-state index contributed by atoms with van der Waals surface area (Å²) < 4.78 is 11.4. The van der Waals surface area contributed by atoms with Gasteiger partial charge in [-0.3, -0.25) is 4.90 Å². The molecule has 31 heavy (non-hydrogen) atoms. The van der Waals surface area contributed by atoms with Gasteiger partial charge in [0.25, 0.3) is 0 Å². The van der Waals surface area contributed by atoms with E-state index in [1.54, 1.807) is 0 Å². The highest BCUT2D eigenvalue weighted by atomic mass is 127. The lowest BCUT2D eigenvalue weighted by molar-refractivity contribution is 0.0322. The molecule has 6 nitrogen and oxygen atoms in total. The number of likely N-dealkylation sites (N-methyl/N-ethyl adjacent to an activating group) is 1. The largest absolute Gasteiger partial charge is 0.492 e. The first kappa shape index (κ1) is 25.9. The SMILES string of the molecule is CCNC(=NCc1cccc(OCCN2CCOCC2)c1)N(C)CCc1cccs1.I. The van der Waals surface area contributed by atoms with Crippen LogP contribution in [0.5, 0.6) is 5.75 Å². The fraction of sp³-hybridized carbons (Fsp3) is 0.522. The number of morpholine rings is 1. The van der Waals surface area contributed by atoms with E-state index in [-0.39, 0.29) is 24.0 Å². The summed E-state index contributed by atoms with van der Waals surface area (Å²) in [4.78, 5) is 10.8. The highest BCUT2D eigenvalue weighted by Gasteiger charge is 2.10. The number of hydrogen-bond acceptors (Lipinski definition) is 5. The van der Waals surface area contributed by atoms with Crippen LogP contribution in [-0.4, -0.2) is 75.4 Å². The van der Waals surface area contributed by atoms with Gasteiger partial charge in [0, 0.05) is 44.6 Å². The van der Waals surface area contributed by atoms with Gasteiger partial charge in [-0.15, -0.1) is 35.3 Å². The fourth-order valence-corrected chi connectivity index (χ4v) is 4.02. The maximum Gasteiger partial charge on any atom is 0.193 e. The molecule has 3 rings (SSSR count). The number of hydrogen-bond donors (Lipinski definition) is 1. The summed E-state index contributed by atoms with van der Waals surface area (Å²) in [6.07, 6.45) is 1.03. The average molecular weight is 559 g/mol. The number of benzene rings is 1. The molecule has 0 amide bonds. The second-order valence-corrected chi connectivity index (χ2v) is 8.40. The zero-order valence-electron chi connectivity index (χ0n) is 18.6. The first-order valence-electron chi connectivity index (χ1n) is 10.8. The number of aliphatic imine (C=N–C) groups is 1. The van der Waals surface area contributed by atoms with E-state index in [1.165, 1.54) is 4.88 Å². The zero-order chi connectivity index (χ0) is 21.0. The van der Waals surface area contributed by atoms with E-state index in [4.69, 9.17) is 14.5 Å². The quantitative estimate of drug-likeness (QED) is 0.274. The third kappa shape index (κ3) is 9.34. The number of halogens is 1. The summed E-state index contributed by atoms with van der Waals surface area (Å²) in [5, 5.41) is 5.53. The summed E-state index contributed by atoms with van der Waals surface area (Å²) in [6, 6.07) is 12.6. The van der Waals surface area contributed by atoms with Crippen LogP contribution in [0.25, 0.3) is 0 Å². The average Bonchev–Trinajstić information content (AvgIpc) is 3.30. The molecular formula is C23H35IN4O2S. The smallest absolute Gasteiger partial charge is 0.193 e. The topological polar surface area (TPSA) is 49.3 Å². The van der Waals surface area contributed by atoms with Crippen LogP contribution in [0.15, 0.2) is 46.8 Å². The predicted molar refractivity (Wildman–Crippen MR) is 140 cm³/mol. The van der Waals surface area contributed by atoms with E-state index >= 15 is 0 Å². The minimum atomic E-state index is 0. The Morgan fingerprint density at radius 2 is 2.10 bits per heavy atom. The van der Waals surface area contributed by atoms with Gasteiger partial charge in [-0.25, -0.2) is 4.99 Å². The molecule has 0 spiro atoms. The normalized spacial score (nSPS) is 14.7. The van der Waals surface area contributed by atoms with E-state index in [9.17, 15) is 0 Å². The molecular weight excluding hydrogens is 523 g/mol. The predicted octanol–water partition coefficient (Wildman–Crippen LogP) is 3.72. The molecule has 1 fully saturated rings. The van der Waals surface area contributed by atoms with Gasteiger partial charge in [0.1, 0.15) is 12.4 Å². The molecule has 8 heteroatoms. The van der Waals surface area contributed by atoms with Crippen molar-refractivity contribution in [1.82, 2.24) is 15.1 Å². The van der Waals surface area contributed by atoms with Crippen molar-refractivity contribution in [2.75, 3.05) is 59.6 Å². The lowest BCUT2D eigenvalue weighted by Crippen LogP contribution is -2.39. The Kier molecular flexibility index (Phi) is 12.2. The summed E-state index contributed by atoms with van der Waals surface area (Å²) in [7, 11) is 2.10. The molecule has 0 radical (unpaired) electrons. The molecule has 1 aliphatic heterocycles. The number of nitrogens with zero attached hydrogens (tertiary/aromatic N) is 3. The second kappa shape index (κ2) is 14.7. The first-order valence-corrected chi connectivity index (χ1v) is 11.7. The van der Waals surface area contributed by atoms with Gasteiger partial charge in [-0.05, 0) is 42.5 Å². The summed E-state index contributed by atoms with van der Waals surface area (Å²) in [5.41, 5.74) is 1.15. The maximum absolute atomic E-state index is 5.98. The lowest BCUT2D eigenvalue weighted by Gasteiger charge is -2.26. The summed E-state index contributed by atoms with van der Waals surface area (Å²) in [5.74, 6) is 1.85. The van der Waals surface area contributed by atoms with Gasteiger partial charge in [-0.2, -0.15) is 0 Å². The van der Waals surface area contributed by atoms with Crippen molar-refractivity contribution < 1.29 is 9.47 Å². The molecule has 2 aromatic rings. The van der Waals surface area contributed by atoms with Crippen LogP contribution in [0.2, 0.25) is 0 Å². The number of guanidine groups is 1. The van der Waals surface area contributed by atoms with Gasteiger partial charge in [0.05, 0.1) is 19.8 Å². The van der Waals surface area contributed by atoms with Crippen LogP contribution in [-0.2, 0) is 17.7 Å². The fourth-order valence-electron chi connectivity index (χ4n) is 3.33. The zero-order valence-corrected chi connectivity index (χ0v) is 21.7. The van der Waals surface area contributed by atoms with E-state index in [0.717, 1.165) is 69.6 Å². The molecule has 1 aromatic carbocycles. The number of ether oxygens (including phenoxy) is 2. The molecule has 172 valence electrons. The van der Waals surface area contributed by atoms with Gasteiger partial charge < -0.3 is 19.7 Å². The van der Waals surface area contributed by atoms with Gasteiger partial charge in [0.2, 0.25) is 0 Å². The van der Waals surface area contributed by atoms with Crippen LogP contribution < -0.4 is 10.1 Å². The molecule has 0 saturated carbocycles. The van der Waals surface area contributed by atoms with Crippen LogP contribution in [0.3, 0.4) is 0 Å².